The fraction of sp³-hybridized carbons (Fsp3) is 0.812. The van der Waals surface area contributed by atoms with Crippen LogP contribution in [0.4, 0.5) is 9.59 Å². The zero-order valence-corrected chi connectivity index (χ0v) is 14.4. The lowest BCUT2D eigenvalue weighted by Gasteiger charge is -2.55. The summed E-state index contributed by atoms with van der Waals surface area (Å²) in [7, 11) is 0. The largest absolute Gasteiger partial charge is 0.444 e. The highest BCUT2D eigenvalue weighted by atomic mass is 16.6. The minimum absolute atomic E-state index is 0.0950. The van der Waals surface area contributed by atoms with Crippen molar-refractivity contribution in [3.63, 3.8) is 0 Å². The molecule has 0 N–H and O–H groups in total. The van der Waals surface area contributed by atoms with Crippen LogP contribution in [-0.2, 0) is 9.47 Å². The minimum atomic E-state index is -0.527. The van der Waals surface area contributed by atoms with Crippen molar-refractivity contribution in [3.8, 4) is 0 Å². The Bertz CT molecular complexity index is 495. The first kappa shape index (κ1) is 16.8. The molecule has 0 unspecified atom stereocenters. The van der Waals surface area contributed by atoms with Gasteiger partial charge in [0.05, 0.1) is 0 Å². The van der Waals surface area contributed by atoms with Crippen LogP contribution in [0.5, 0.6) is 0 Å². The van der Waals surface area contributed by atoms with Gasteiger partial charge in [-0.3, -0.25) is 0 Å². The smallest absolute Gasteiger partial charge is 0.434 e. The summed E-state index contributed by atoms with van der Waals surface area (Å²) in [5.74, 6) is 0. The van der Waals surface area contributed by atoms with Crippen LogP contribution in [0.2, 0.25) is 0 Å². The fourth-order valence-electron chi connectivity index (χ4n) is 2.75. The van der Waals surface area contributed by atoms with E-state index in [2.05, 4.69) is 4.99 Å². The molecular formula is C16H26N2O4. The molecule has 1 aliphatic heterocycles. The summed E-state index contributed by atoms with van der Waals surface area (Å²) in [6, 6.07) is 0. The highest BCUT2D eigenvalue weighted by Crippen LogP contribution is 2.47. The molecule has 1 saturated carbocycles. The summed E-state index contributed by atoms with van der Waals surface area (Å²) >= 11 is 0. The summed E-state index contributed by atoms with van der Waals surface area (Å²) in [6.07, 6.45) is 0.716. The van der Waals surface area contributed by atoms with Gasteiger partial charge in [-0.15, -0.1) is 0 Å². The summed E-state index contributed by atoms with van der Waals surface area (Å²) in [6.45, 7) is 12.4. The van der Waals surface area contributed by atoms with Crippen molar-refractivity contribution in [3.05, 3.63) is 0 Å². The van der Waals surface area contributed by atoms with E-state index in [4.69, 9.17) is 9.47 Å². The molecule has 0 bridgehead atoms. The number of carbonyl (C=O) groups excluding carboxylic acids is 2. The summed E-state index contributed by atoms with van der Waals surface area (Å²) in [4.78, 5) is 29.2. The summed E-state index contributed by atoms with van der Waals surface area (Å²) < 4.78 is 10.5. The van der Waals surface area contributed by atoms with E-state index < -0.39 is 17.3 Å². The number of carbonyl (C=O) groups is 2. The highest BCUT2D eigenvalue weighted by molar-refractivity contribution is 5.99. The number of hydrogen-bond acceptors (Lipinski definition) is 4. The van der Waals surface area contributed by atoms with E-state index in [1.807, 2.05) is 41.5 Å². The predicted molar refractivity (Wildman–Crippen MR) is 83.1 cm³/mol. The second-order valence-electron chi connectivity index (χ2n) is 8.35. The monoisotopic (exact) mass is 310 g/mol. The zero-order valence-electron chi connectivity index (χ0n) is 14.4. The van der Waals surface area contributed by atoms with Gasteiger partial charge in [0.25, 0.3) is 0 Å². The molecule has 1 saturated heterocycles. The third-order valence-corrected chi connectivity index (χ3v) is 3.51. The lowest BCUT2D eigenvalue weighted by molar-refractivity contribution is -0.0388. The van der Waals surface area contributed by atoms with E-state index in [1.165, 1.54) is 0 Å². The third kappa shape index (κ3) is 4.21. The number of rotatable bonds is 0. The van der Waals surface area contributed by atoms with Crippen LogP contribution < -0.4 is 0 Å². The van der Waals surface area contributed by atoms with Crippen LogP contribution in [0, 0.1) is 5.41 Å². The molecule has 0 aromatic heterocycles. The summed E-state index contributed by atoms with van der Waals surface area (Å²) in [5, 5.41) is 0. The Labute approximate surface area is 131 Å². The molecule has 2 aliphatic rings. The number of nitrogens with zero attached hydrogens (tertiary/aromatic N) is 2. The van der Waals surface area contributed by atoms with E-state index in [1.54, 1.807) is 4.90 Å². The van der Waals surface area contributed by atoms with Gasteiger partial charge in [0.1, 0.15) is 11.2 Å². The van der Waals surface area contributed by atoms with Gasteiger partial charge in [-0.05, 0) is 54.4 Å². The van der Waals surface area contributed by atoms with E-state index in [-0.39, 0.29) is 11.5 Å². The topological polar surface area (TPSA) is 68.2 Å². The van der Waals surface area contributed by atoms with E-state index in [0.29, 0.717) is 13.1 Å². The van der Waals surface area contributed by atoms with Gasteiger partial charge in [0, 0.05) is 24.2 Å². The summed E-state index contributed by atoms with van der Waals surface area (Å²) in [5.41, 5.74) is -0.0364. The van der Waals surface area contributed by atoms with Gasteiger partial charge in [0.15, 0.2) is 0 Å². The second kappa shape index (κ2) is 5.25. The number of aliphatic imine (C=N–C) groups is 1. The molecule has 6 heteroatoms. The minimum Gasteiger partial charge on any atom is -0.444 e. The molecule has 0 aromatic rings. The Balaban J connectivity index is 1.77. The van der Waals surface area contributed by atoms with Gasteiger partial charge < -0.3 is 14.4 Å². The first-order valence-electron chi connectivity index (χ1n) is 7.65. The van der Waals surface area contributed by atoms with Gasteiger partial charge >= 0.3 is 12.2 Å². The molecular weight excluding hydrogens is 284 g/mol. The average Bonchev–Trinajstić information content (AvgIpc) is 2.13. The molecule has 1 spiro atoms. The molecule has 6 nitrogen and oxygen atoms in total. The first-order valence-corrected chi connectivity index (χ1v) is 7.65. The van der Waals surface area contributed by atoms with Crippen molar-refractivity contribution < 1.29 is 19.1 Å². The maximum absolute atomic E-state index is 11.9. The van der Waals surface area contributed by atoms with E-state index in [0.717, 1.165) is 18.6 Å². The molecule has 124 valence electrons. The Hall–Kier alpha value is -1.59. The number of ether oxygens (including phenoxy) is 2. The van der Waals surface area contributed by atoms with Crippen LogP contribution in [0.15, 0.2) is 4.99 Å². The number of likely N-dealkylation sites (tertiary alicyclic amines) is 1. The number of amides is 2. The molecule has 1 heterocycles. The van der Waals surface area contributed by atoms with Crippen molar-refractivity contribution in [2.24, 2.45) is 10.4 Å². The number of hydrogen-bond donors (Lipinski definition) is 0. The second-order valence-corrected chi connectivity index (χ2v) is 8.35. The van der Waals surface area contributed by atoms with Gasteiger partial charge in [0.2, 0.25) is 0 Å². The molecule has 2 fully saturated rings. The molecule has 0 aromatic carbocycles. The Kier molecular flexibility index (Phi) is 4.00. The first-order chi connectivity index (χ1) is 9.88. The van der Waals surface area contributed by atoms with Crippen LogP contribution >= 0.6 is 0 Å². The van der Waals surface area contributed by atoms with Crippen LogP contribution in [0.1, 0.15) is 54.4 Å². The van der Waals surface area contributed by atoms with Crippen molar-refractivity contribution >= 4 is 17.9 Å². The highest BCUT2D eigenvalue weighted by Gasteiger charge is 2.53. The van der Waals surface area contributed by atoms with Gasteiger partial charge in [-0.1, -0.05) is 0 Å². The van der Waals surface area contributed by atoms with Crippen molar-refractivity contribution in [2.75, 3.05) is 13.1 Å². The normalized spacial score (nSPS) is 20.1. The Morgan fingerprint density at radius 3 is 1.95 bits per heavy atom. The molecule has 0 radical (unpaired) electrons. The van der Waals surface area contributed by atoms with E-state index in [9.17, 15) is 9.59 Å². The fourth-order valence-corrected chi connectivity index (χ4v) is 2.75. The molecule has 0 atom stereocenters. The van der Waals surface area contributed by atoms with Crippen molar-refractivity contribution in [2.45, 2.75) is 65.6 Å². The maximum atomic E-state index is 11.9. The molecule has 2 amide bonds. The van der Waals surface area contributed by atoms with Crippen LogP contribution in [0.3, 0.4) is 0 Å². The SMILES string of the molecule is CC(C)(C)OC(=O)N=C1CC2(C1)CN(C(=O)OC(C)(C)C)C2. The predicted octanol–water partition coefficient (Wildman–Crippen LogP) is 3.39. The molecule has 1 aliphatic carbocycles. The average molecular weight is 310 g/mol. The standard InChI is InChI=1S/C16H26N2O4/c1-14(2,3)21-12(19)17-11-7-16(8-11)9-18(10-16)13(20)22-15(4,5)6/h7-10H2,1-6H3. The van der Waals surface area contributed by atoms with Gasteiger partial charge in [-0.25, -0.2) is 9.59 Å². The van der Waals surface area contributed by atoms with E-state index >= 15 is 0 Å². The quantitative estimate of drug-likeness (QED) is 0.687. The Morgan fingerprint density at radius 1 is 1.00 bits per heavy atom. The van der Waals surface area contributed by atoms with Crippen LogP contribution in [-0.4, -0.2) is 47.1 Å². The third-order valence-electron chi connectivity index (χ3n) is 3.51. The zero-order chi connectivity index (χ0) is 16.8. The molecule has 22 heavy (non-hydrogen) atoms. The maximum Gasteiger partial charge on any atom is 0.434 e. The Morgan fingerprint density at radius 2 is 1.50 bits per heavy atom. The van der Waals surface area contributed by atoms with Gasteiger partial charge in [-0.2, -0.15) is 4.99 Å². The van der Waals surface area contributed by atoms with Crippen molar-refractivity contribution in [1.29, 1.82) is 0 Å². The lowest BCUT2D eigenvalue weighted by Crippen LogP contribution is -2.64. The lowest BCUT2D eigenvalue weighted by atomic mass is 9.62. The molecule has 2 rings (SSSR count). The van der Waals surface area contributed by atoms with Crippen molar-refractivity contribution in [1.82, 2.24) is 4.90 Å². The van der Waals surface area contributed by atoms with Crippen LogP contribution in [0.25, 0.3) is 0 Å².